The van der Waals surface area contributed by atoms with E-state index < -0.39 is 23.8 Å². The molecule has 0 aromatic heterocycles. The van der Waals surface area contributed by atoms with Crippen molar-refractivity contribution in [2.45, 2.75) is 40.0 Å². The van der Waals surface area contributed by atoms with Gasteiger partial charge in [-0.2, -0.15) is 4.39 Å². The van der Waals surface area contributed by atoms with E-state index in [1.807, 2.05) is 0 Å². The van der Waals surface area contributed by atoms with Crippen LogP contribution in [0.4, 0.5) is 4.39 Å². The van der Waals surface area contributed by atoms with E-state index in [1.165, 1.54) is 39.9 Å². The Morgan fingerprint density at radius 1 is 1.07 bits per heavy atom. The van der Waals surface area contributed by atoms with Crippen molar-refractivity contribution >= 4 is 35.6 Å². The molecule has 1 aliphatic rings. The van der Waals surface area contributed by atoms with Crippen molar-refractivity contribution in [3.63, 3.8) is 0 Å². The van der Waals surface area contributed by atoms with E-state index >= 15 is 0 Å². The Morgan fingerprint density at radius 2 is 1.47 bits per heavy atom. The number of carboxylic acids is 1. The van der Waals surface area contributed by atoms with Gasteiger partial charge >= 0.3 is 35.6 Å². The Bertz CT molecular complexity index is 597. The van der Waals surface area contributed by atoms with Crippen LogP contribution in [0.25, 0.3) is 0 Å². The minimum absolute atomic E-state index is 0. The van der Waals surface area contributed by atoms with Crippen molar-refractivity contribution in [1.29, 1.82) is 0 Å². The summed E-state index contributed by atoms with van der Waals surface area (Å²) in [6.07, 6.45) is -0.172. The van der Waals surface area contributed by atoms with Crippen LogP contribution in [0.3, 0.4) is 0 Å². The van der Waals surface area contributed by atoms with Crippen LogP contribution in [0.15, 0.2) is 0 Å². The van der Waals surface area contributed by atoms with Gasteiger partial charge in [0.25, 0.3) is 0 Å². The molecule has 3 atom stereocenters. The smallest absolute Gasteiger partial charge is 0.550 e. The van der Waals surface area contributed by atoms with Crippen LogP contribution in [0.1, 0.15) is 40.0 Å². The van der Waals surface area contributed by atoms with Crippen molar-refractivity contribution < 1.29 is 67.8 Å². The van der Waals surface area contributed by atoms with Crippen LogP contribution in [0.2, 0.25) is 0 Å². The molecule has 0 aliphatic carbocycles. The molecule has 1 saturated heterocycles. The number of nitrogens with zero attached hydrogens (tertiary/aromatic N) is 1. The normalized spacial score (nSPS) is 16.5. The molecule has 1 heterocycles. The number of nitrogens with one attached hydrogen (secondary N) is 2. The molecule has 0 aromatic carbocycles. The summed E-state index contributed by atoms with van der Waals surface area (Å²) < 4.78 is 11.6. The minimum Gasteiger partial charge on any atom is -0.550 e. The fraction of sp³-hybridized carbons (Fsp3) is 0.667. The van der Waals surface area contributed by atoms with Gasteiger partial charge in [0.1, 0.15) is 0 Å². The first kappa shape index (κ1) is 32.8. The van der Waals surface area contributed by atoms with Gasteiger partial charge in [-0.3, -0.25) is 28.9 Å². The van der Waals surface area contributed by atoms with Gasteiger partial charge in [-0.15, -0.1) is 0 Å². The average Bonchev–Trinajstić information content (AvgIpc) is 2.85. The topological polar surface area (TPSA) is 153 Å². The summed E-state index contributed by atoms with van der Waals surface area (Å²) in [5, 5.41) is 14.6. The molecule has 1 rings (SSSR count). The first-order chi connectivity index (χ1) is 13.3. The second-order valence-corrected chi connectivity index (χ2v) is 6.56. The van der Waals surface area contributed by atoms with Gasteiger partial charge < -0.3 is 20.5 Å². The third-order valence-corrected chi connectivity index (χ3v) is 3.93. The Balaban J connectivity index is -0.000000359. The molecule has 10 nitrogen and oxygen atoms in total. The van der Waals surface area contributed by atoms with Gasteiger partial charge in [-0.25, -0.2) is 0 Å². The van der Waals surface area contributed by atoms with Gasteiger partial charge in [0, 0.05) is 57.7 Å². The van der Waals surface area contributed by atoms with E-state index in [4.69, 9.17) is 0 Å². The zero-order valence-corrected chi connectivity index (χ0v) is 20.5. The summed E-state index contributed by atoms with van der Waals surface area (Å²) in [5.41, 5.74) is 0. The predicted octanol–water partition coefficient (Wildman–Crippen LogP) is -4.22. The Labute approximate surface area is 197 Å². The molecule has 1 aliphatic heterocycles. The van der Waals surface area contributed by atoms with E-state index in [1.54, 1.807) is 6.92 Å². The number of rotatable bonds is 6. The molecule has 30 heavy (non-hydrogen) atoms. The largest absolute Gasteiger partial charge is 1.00 e. The fourth-order valence-corrected chi connectivity index (χ4v) is 2.11. The summed E-state index contributed by atoms with van der Waals surface area (Å²) in [4.78, 5) is 63.7. The number of carboxylic acid groups (broad SMARTS) is 1. The number of imide groups is 1. The zero-order valence-electron chi connectivity index (χ0n) is 18.5. The maximum absolute atomic E-state index is 11.6. The molecule has 0 spiro atoms. The molecule has 0 aromatic rings. The number of amides is 4. The van der Waals surface area contributed by atoms with E-state index in [0.717, 1.165) is 0 Å². The standard InChI is InChI=1S/C6H10FNO2.C6H11NO3.C6H9NO2.Na/c1-4(3-5(7)9)6(10)8-2;1-4(3-5(8)9)6(10)7-2;1-4-3-5(8)7(2)6(4)9;/h4H,3H2,1-2H3,(H,8,10);4H,3H2,1-2H3,(H,7,10)(H,8,9);4H,3H2,1-2H3;/q;;;+1/p-1. The predicted molar refractivity (Wildman–Crippen MR) is 98.4 cm³/mol. The quantitative estimate of drug-likeness (QED) is 0.241. The number of aliphatic carboxylic acids is 1. The third kappa shape index (κ3) is 14.2. The average molecular weight is 441 g/mol. The molecule has 0 saturated carbocycles. The van der Waals surface area contributed by atoms with E-state index in [0.29, 0.717) is 6.42 Å². The van der Waals surface area contributed by atoms with Crippen LogP contribution in [-0.2, 0) is 28.8 Å². The summed E-state index contributed by atoms with van der Waals surface area (Å²) in [7, 11) is 4.43. The van der Waals surface area contributed by atoms with Crippen molar-refractivity contribution in [2.24, 2.45) is 17.8 Å². The molecule has 2 N–H and O–H groups in total. The van der Waals surface area contributed by atoms with Crippen LogP contribution in [-0.4, -0.2) is 61.7 Å². The SMILES string of the molecule is CC1CC(=O)N(C)C1=O.CNC(=O)C(C)CC(=O)F.CNC(=O)C(C)CC(=O)[O-].[Na+]. The second kappa shape index (κ2) is 16.9. The Kier molecular flexibility index (Phi) is 18.5. The van der Waals surface area contributed by atoms with Gasteiger partial charge in [0.2, 0.25) is 23.6 Å². The summed E-state index contributed by atoms with van der Waals surface area (Å²) in [5.74, 6) is -3.07. The molecule has 0 radical (unpaired) electrons. The summed E-state index contributed by atoms with van der Waals surface area (Å²) >= 11 is 0. The fourth-order valence-electron chi connectivity index (χ4n) is 2.11. The molecule has 166 valence electrons. The van der Waals surface area contributed by atoms with Gasteiger partial charge in [-0.05, 0) is 6.42 Å². The number of halogens is 1. The van der Waals surface area contributed by atoms with E-state index in [2.05, 4.69) is 10.6 Å². The number of carbonyl (C=O) groups is 6. The van der Waals surface area contributed by atoms with Crippen LogP contribution in [0.5, 0.6) is 0 Å². The van der Waals surface area contributed by atoms with Gasteiger partial charge in [-0.1, -0.05) is 20.8 Å². The Morgan fingerprint density at radius 3 is 1.67 bits per heavy atom. The zero-order chi connectivity index (χ0) is 23.3. The van der Waals surface area contributed by atoms with Crippen molar-refractivity contribution in [3.05, 3.63) is 0 Å². The minimum atomic E-state index is -1.45. The molecule has 1 fully saturated rings. The van der Waals surface area contributed by atoms with Crippen molar-refractivity contribution in [3.8, 4) is 0 Å². The molecule has 4 amide bonds. The van der Waals surface area contributed by atoms with Crippen LogP contribution < -0.4 is 45.3 Å². The maximum Gasteiger partial charge on any atom is 1.00 e. The molecular formula is C18H29FN3NaO7. The molecule has 12 heteroatoms. The maximum atomic E-state index is 11.6. The van der Waals surface area contributed by atoms with E-state index in [9.17, 15) is 38.3 Å². The summed E-state index contributed by atoms with van der Waals surface area (Å²) in [6.45, 7) is 4.80. The first-order valence-electron chi connectivity index (χ1n) is 8.90. The van der Waals surface area contributed by atoms with Gasteiger partial charge in [0.05, 0.1) is 0 Å². The molecule has 0 bridgehead atoms. The van der Waals surface area contributed by atoms with Crippen molar-refractivity contribution in [2.75, 3.05) is 21.1 Å². The summed E-state index contributed by atoms with van der Waals surface area (Å²) in [6, 6.07) is -1.45. The van der Waals surface area contributed by atoms with Crippen LogP contribution in [0, 0.1) is 17.8 Å². The number of carbonyl (C=O) groups excluding carboxylic acids is 6. The first-order valence-corrected chi connectivity index (χ1v) is 8.90. The Hall–Kier alpha value is -1.85. The molecular weight excluding hydrogens is 412 g/mol. The van der Waals surface area contributed by atoms with Crippen molar-refractivity contribution in [1.82, 2.24) is 15.5 Å². The van der Waals surface area contributed by atoms with Crippen LogP contribution >= 0.6 is 0 Å². The third-order valence-electron chi connectivity index (χ3n) is 3.93. The monoisotopic (exact) mass is 441 g/mol. The number of hydrogen-bond donors (Lipinski definition) is 2. The molecule has 3 unspecified atom stereocenters. The number of hydrogen-bond acceptors (Lipinski definition) is 7. The number of likely N-dealkylation sites (tertiary alicyclic amines) is 1. The van der Waals surface area contributed by atoms with E-state index in [-0.39, 0.29) is 71.9 Å². The second-order valence-electron chi connectivity index (χ2n) is 6.56. The van der Waals surface area contributed by atoms with Gasteiger partial charge in [0.15, 0.2) is 0 Å².